The van der Waals surface area contributed by atoms with Gasteiger partial charge in [0.15, 0.2) is 12.4 Å². The van der Waals surface area contributed by atoms with Crippen LogP contribution in [0, 0.1) is 12.8 Å². The molecule has 0 bridgehead atoms. The van der Waals surface area contributed by atoms with Crippen LogP contribution in [0.4, 0.5) is 0 Å². The summed E-state index contributed by atoms with van der Waals surface area (Å²) in [5.41, 5.74) is 2.96. The molecule has 1 aliphatic heterocycles. The summed E-state index contributed by atoms with van der Waals surface area (Å²) in [6.45, 7) is 9.65. The average molecular weight is 394 g/mol. The van der Waals surface area contributed by atoms with E-state index in [0.29, 0.717) is 25.9 Å². The summed E-state index contributed by atoms with van der Waals surface area (Å²) >= 11 is 0. The minimum atomic E-state index is -0.0473. The first-order valence-electron chi connectivity index (χ1n) is 10.4. The van der Waals surface area contributed by atoms with Gasteiger partial charge in [-0.25, -0.2) is 0 Å². The molecule has 0 atom stereocenters. The summed E-state index contributed by atoms with van der Waals surface area (Å²) < 4.78 is 5.88. The highest BCUT2D eigenvalue weighted by molar-refractivity contribution is 5.98. The molecule has 0 radical (unpaired) electrons. The van der Waals surface area contributed by atoms with E-state index in [1.807, 2.05) is 60.4 Å². The molecule has 0 spiro atoms. The van der Waals surface area contributed by atoms with E-state index in [1.54, 1.807) is 0 Å². The Bertz CT molecular complexity index is 856. The van der Waals surface area contributed by atoms with Gasteiger partial charge in [-0.15, -0.1) is 0 Å². The van der Waals surface area contributed by atoms with Gasteiger partial charge < -0.3 is 9.64 Å². The summed E-state index contributed by atoms with van der Waals surface area (Å²) in [6, 6.07) is 15.6. The Morgan fingerprint density at radius 2 is 1.62 bits per heavy atom. The second-order valence-corrected chi connectivity index (χ2v) is 8.92. The molecule has 4 heteroatoms. The number of amides is 1. The fraction of sp³-hybridized carbons (Fsp3) is 0.440. The number of likely N-dealkylation sites (tertiary alicyclic amines) is 1. The number of aryl methyl sites for hydroxylation is 1. The van der Waals surface area contributed by atoms with Crippen molar-refractivity contribution in [2.24, 2.45) is 5.92 Å². The Balaban J connectivity index is 1.53. The average Bonchev–Trinajstić information content (AvgIpc) is 2.71. The number of nitrogens with zero attached hydrogens (tertiary/aromatic N) is 1. The number of Topliss-reactive ketones (excluding diaryl/α,β-unsaturated/α-hetero) is 1. The van der Waals surface area contributed by atoms with Gasteiger partial charge in [-0.3, -0.25) is 9.59 Å². The van der Waals surface area contributed by atoms with Crippen molar-refractivity contribution in [2.75, 3.05) is 19.7 Å². The molecule has 0 aliphatic carbocycles. The van der Waals surface area contributed by atoms with Crippen molar-refractivity contribution in [3.63, 3.8) is 0 Å². The maximum Gasteiger partial charge on any atom is 0.260 e. The largest absolute Gasteiger partial charge is 0.483 e. The highest BCUT2D eigenvalue weighted by Gasteiger charge is 2.28. The molecule has 0 unspecified atom stereocenters. The molecule has 29 heavy (non-hydrogen) atoms. The third kappa shape index (κ3) is 5.26. The van der Waals surface area contributed by atoms with Crippen molar-refractivity contribution >= 4 is 11.7 Å². The van der Waals surface area contributed by atoms with E-state index < -0.39 is 0 Å². The zero-order valence-electron chi connectivity index (χ0n) is 17.9. The van der Waals surface area contributed by atoms with Crippen molar-refractivity contribution in [3.8, 4) is 5.75 Å². The molecule has 0 saturated carbocycles. The van der Waals surface area contributed by atoms with Gasteiger partial charge >= 0.3 is 0 Å². The number of rotatable bonds is 5. The van der Waals surface area contributed by atoms with Crippen LogP contribution in [0.5, 0.6) is 5.75 Å². The van der Waals surface area contributed by atoms with Gasteiger partial charge in [0.25, 0.3) is 5.91 Å². The van der Waals surface area contributed by atoms with Gasteiger partial charge in [0.1, 0.15) is 5.75 Å². The molecule has 0 aromatic heterocycles. The number of ketones is 1. The van der Waals surface area contributed by atoms with E-state index in [-0.39, 0.29) is 29.6 Å². The lowest BCUT2D eigenvalue weighted by Crippen LogP contribution is -2.42. The summed E-state index contributed by atoms with van der Waals surface area (Å²) in [4.78, 5) is 27.2. The van der Waals surface area contributed by atoms with Crippen molar-refractivity contribution in [2.45, 2.75) is 46.0 Å². The molecule has 154 valence electrons. The Morgan fingerprint density at radius 3 is 2.24 bits per heavy atom. The smallest absolute Gasteiger partial charge is 0.260 e. The molecular weight excluding hydrogens is 362 g/mol. The standard InChI is InChI=1S/C25H31NO3/c1-18-9-11-19(12-10-18)24(28)20-13-15-26(16-14-20)23(27)17-29-22-8-6-5-7-21(22)25(2,3)4/h5-12,20H,13-17H2,1-4H3. The fourth-order valence-corrected chi connectivity index (χ4v) is 3.79. The van der Waals surface area contributed by atoms with Gasteiger partial charge in [0.05, 0.1) is 0 Å². The fourth-order valence-electron chi connectivity index (χ4n) is 3.79. The van der Waals surface area contributed by atoms with E-state index >= 15 is 0 Å². The van der Waals surface area contributed by atoms with Crippen molar-refractivity contribution in [1.29, 1.82) is 0 Å². The van der Waals surface area contributed by atoms with Crippen molar-refractivity contribution < 1.29 is 14.3 Å². The Kier molecular flexibility index (Phi) is 6.41. The quantitative estimate of drug-likeness (QED) is 0.686. The maximum absolute atomic E-state index is 12.7. The van der Waals surface area contributed by atoms with E-state index in [9.17, 15) is 9.59 Å². The zero-order chi connectivity index (χ0) is 21.0. The number of carbonyl (C=O) groups is 2. The second-order valence-electron chi connectivity index (χ2n) is 8.92. The van der Waals surface area contributed by atoms with E-state index in [2.05, 4.69) is 20.8 Å². The number of hydrogen-bond donors (Lipinski definition) is 0. The van der Waals surface area contributed by atoms with Gasteiger partial charge in [0, 0.05) is 24.6 Å². The molecule has 2 aromatic rings. The molecule has 1 fully saturated rings. The van der Waals surface area contributed by atoms with E-state index in [4.69, 9.17) is 4.74 Å². The molecule has 3 rings (SSSR count). The van der Waals surface area contributed by atoms with Crippen LogP contribution in [0.1, 0.15) is 55.1 Å². The lowest BCUT2D eigenvalue weighted by Gasteiger charge is -2.31. The van der Waals surface area contributed by atoms with Gasteiger partial charge in [-0.05, 0) is 36.8 Å². The van der Waals surface area contributed by atoms with Crippen LogP contribution in [0.2, 0.25) is 0 Å². The second kappa shape index (κ2) is 8.81. The summed E-state index contributed by atoms with van der Waals surface area (Å²) in [5.74, 6) is 0.921. The number of ether oxygens (including phenoxy) is 1. The summed E-state index contributed by atoms with van der Waals surface area (Å²) in [6.07, 6.45) is 1.41. The molecule has 1 saturated heterocycles. The third-order valence-electron chi connectivity index (χ3n) is 5.60. The first-order chi connectivity index (χ1) is 13.8. The first kappa shape index (κ1) is 21.1. The Morgan fingerprint density at radius 1 is 1.00 bits per heavy atom. The number of piperidine rings is 1. The first-order valence-corrected chi connectivity index (χ1v) is 10.4. The van der Waals surface area contributed by atoms with Crippen LogP contribution < -0.4 is 4.74 Å². The van der Waals surface area contributed by atoms with Crippen molar-refractivity contribution in [3.05, 3.63) is 65.2 Å². The maximum atomic E-state index is 12.7. The third-order valence-corrected chi connectivity index (χ3v) is 5.60. The minimum absolute atomic E-state index is 0.00992. The summed E-state index contributed by atoms with van der Waals surface area (Å²) in [7, 11) is 0. The van der Waals surface area contributed by atoms with Gasteiger partial charge in [0.2, 0.25) is 0 Å². The molecular formula is C25H31NO3. The molecule has 4 nitrogen and oxygen atoms in total. The van der Waals surface area contributed by atoms with Crippen LogP contribution >= 0.6 is 0 Å². The van der Waals surface area contributed by atoms with Crippen molar-refractivity contribution in [1.82, 2.24) is 4.90 Å². The van der Waals surface area contributed by atoms with Gasteiger partial charge in [-0.1, -0.05) is 68.8 Å². The van der Waals surface area contributed by atoms with Gasteiger partial charge in [-0.2, -0.15) is 0 Å². The topological polar surface area (TPSA) is 46.6 Å². The van der Waals surface area contributed by atoms with E-state index in [0.717, 1.165) is 22.4 Å². The molecule has 0 N–H and O–H groups in total. The number of benzene rings is 2. The zero-order valence-corrected chi connectivity index (χ0v) is 17.9. The van der Waals surface area contributed by atoms with Crippen LogP contribution in [-0.2, 0) is 10.2 Å². The Labute approximate surface area is 173 Å². The molecule has 2 aromatic carbocycles. The normalized spacial score (nSPS) is 15.2. The predicted octanol–water partition coefficient (Wildman–Crippen LogP) is 4.79. The number of para-hydroxylation sites is 1. The highest BCUT2D eigenvalue weighted by atomic mass is 16.5. The van der Waals surface area contributed by atoms with Crippen LogP contribution in [0.25, 0.3) is 0 Å². The molecule has 1 aliphatic rings. The highest BCUT2D eigenvalue weighted by Crippen LogP contribution is 2.31. The summed E-state index contributed by atoms with van der Waals surface area (Å²) in [5, 5.41) is 0. The monoisotopic (exact) mass is 393 g/mol. The van der Waals surface area contributed by atoms with Crippen LogP contribution in [0.3, 0.4) is 0 Å². The predicted molar refractivity (Wildman–Crippen MR) is 115 cm³/mol. The molecule has 1 amide bonds. The van der Waals surface area contributed by atoms with Crippen LogP contribution in [-0.4, -0.2) is 36.3 Å². The minimum Gasteiger partial charge on any atom is -0.483 e. The SMILES string of the molecule is Cc1ccc(C(=O)C2CCN(C(=O)COc3ccccc3C(C)(C)C)CC2)cc1. The van der Waals surface area contributed by atoms with Crippen LogP contribution in [0.15, 0.2) is 48.5 Å². The lowest BCUT2D eigenvalue weighted by molar-refractivity contribution is -0.134. The number of hydrogen-bond acceptors (Lipinski definition) is 3. The van der Waals surface area contributed by atoms with E-state index in [1.165, 1.54) is 0 Å². The molecule has 1 heterocycles. The lowest BCUT2D eigenvalue weighted by atomic mass is 9.86. The number of carbonyl (C=O) groups excluding carboxylic acids is 2. The Hall–Kier alpha value is -2.62.